The molecule has 2 fully saturated rings. The third-order valence-electron chi connectivity index (χ3n) is 4.23. The lowest BCUT2D eigenvalue weighted by Gasteiger charge is -2.35. The third-order valence-corrected chi connectivity index (χ3v) is 4.23. The first kappa shape index (κ1) is 7.33. The van der Waals surface area contributed by atoms with Crippen LogP contribution in [0.25, 0.3) is 0 Å². The topological polar surface area (TPSA) is 17.1 Å². The van der Waals surface area contributed by atoms with E-state index < -0.39 is 0 Å². The summed E-state index contributed by atoms with van der Waals surface area (Å²) in [5.74, 6) is 2.25. The Kier molecular flexibility index (Phi) is 1.25. The maximum Gasteiger partial charge on any atom is 0.136 e. The highest BCUT2D eigenvalue weighted by atomic mass is 16.1. The molecule has 62 valence electrons. The summed E-state index contributed by atoms with van der Waals surface area (Å²) in [6.45, 7) is 6.87. The van der Waals surface area contributed by atoms with Gasteiger partial charge in [0.05, 0.1) is 0 Å². The van der Waals surface area contributed by atoms with Crippen LogP contribution in [0.3, 0.4) is 0 Å². The first-order valence-corrected chi connectivity index (χ1v) is 4.56. The minimum Gasteiger partial charge on any atom is -0.299 e. The first-order valence-electron chi connectivity index (χ1n) is 4.56. The molecule has 1 heteroatoms. The molecule has 0 radical (unpaired) electrons. The van der Waals surface area contributed by atoms with Crippen LogP contribution < -0.4 is 0 Å². The number of ketones is 1. The number of Topliss-reactive ketones (excluding diaryl/α,β-unsaturated/α-hetero) is 1. The van der Waals surface area contributed by atoms with Crippen LogP contribution in [-0.4, -0.2) is 5.78 Å². The second-order valence-electron chi connectivity index (χ2n) is 4.82. The summed E-state index contributed by atoms with van der Waals surface area (Å²) >= 11 is 0. The Labute approximate surface area is 68.2 Å². The van der Waals surface area contributed by atoms with Crippen LogP contribution in [0.2, 0.25) is 0 Å². The predicted molar refractivity (Wildman–Crippen MR) is 44.2 cm³/mol. The summed E-state index contributed by atoms with van der Waals surface area (Å²) in [6.07, 6.45) is 2.04. The molecule has 0 aromatic heterocycles. The molecule has 3 atom stereocenters. The van der Waals surface area contributed by atoms with Gasteiger partial charge in [-0.05, 0) is 23.7 Å². The molecule has 2 aliphatic rings. The van der Waals surface area contributed by atoms with Crippen molar-refractivity contribution >= 4 is 5.78 Å². The minimum absolute atomic E-state index is 0.412. The Morgan fingerprint density at radius 3 is 2.45 bits per heavy atom. The molecule has 0 aromatic rings. The summed E-state index contributed by atoms with van der Waals surface area (Å²) in [5, 5.41) is 0. The SMILES string of the molecule is C[C@H]1[C@H]2C[C@H](CC2=O)C1(C)C. The van der Waals surface area contributed by atoms with E-state index in [2.05, 4.69) is 20.8 Å². The van der Waals surface area contributed by atoms with Crippen molar-refractivity contribution in [3.63, 3.8) is 0 Å². The van der Waals surface area contributed by atoms with Gasteiger partial charge in [0.25, 0.3) is 0 Å². The first-order chi connectivity index (χ1) is 5.03. The number of hydrogen-bond donors (Lipinski definition) is 0. The molecule has 0 heterocycles. The van der Waals surface area contributed by atoms with Crippen molar-refractivity contribution in [2.24, 2.45) is 23.2 Å². The van der Waals surface area contributed by atoms with Crippen LogP contribution in [0, 0.1) is 23.2 Å². The van der Waals surface area contributed by atoms with Crippen LogP contribution >= 0.6 is 0 Å². The fourth-order valence-corrected chi connectivity index (χ4v) is 2.86. The monoisotopic (exact) mass is 152 g/mol. The second-order valence-corrected chi connectivity index (χ2v) is 4.82. The molecular weight excluding hydrogens is 136 g/mol. The van der Waals surface area contributed by atoms with E-state index in [9.17, 15) is 4.79 Å². The van der Waals surface area contributed by atoms with Crippen LogP contribution in [0.1, 0.15) is 33.6 Å². The van der Waals surface area contributed by atoms with Crippen LogP contribution in [0.15, 0.2) is 0 Å². The summed E-state index contributed by atoms with van der Waals surface area (Å²) in [7, 11) is 0. The van der Waals surface area contributed by atoms with Crippen LogP contribution in [0.5, 0.6) is 0 Å². The Bertz CT molecular complexity index is 201. The molecule has 0 aliphatic heterocycles. The van der Waals surface area contributed by atoms with Crippen LogP contribution in [-0.2, 0) is 4.79 Å². The van der Waals surface area contributed by atoms with Gasteiger partial charge in [-0.3, -0.25) is 4.79 Å². The third kappa shape index (κ3) is 0.743. The van der Waals surface area contributed by atoms with E-state index in [1.165, 1.54) is 6.42 Å². The van der Waals surface area contributed by atoms with E-state index >= 15 is 0 Å². The number of hydrogen-bond acceptors (Lipinski definition) is 1. The summed E-state index contributed by atoms with van der Waals surface area (Å²) in [4.78, 5) is 11.3. The average Bonchev–Trinajstić information content (AvgIpc) is 2.36. The van der Waals surface area contributed by atoms with Gasteiger partial charge in [-0.25, -0.2) is 0 Å². The van der Waals surface area contributed by atoms with E-state index in [1.54, 1.807) is 0 Å². The van der Waals surface area contributed by atoms with E-state index in [-0.39, 0.29) is 0 Å². The standard InChI is InChI=1S/C10H16O/c1-6-8-4-7(5-9(8)11)10(6,2)3/h6-8H,4-5H2,1-3H3/t6-,7+,8+/m0/s1. The molecule has 2 aliphatic carbocycles. The Morgan fingerprint density at radius 2 is 2.09 bits per heavy atom. The molecule has 11 heavy (non-hydrogen) atoms. The van der Waals surface area contributed by atoms with Gasteiger partial charge in [0.15, 0.2) is 0 Å². The molecule has 2 rings (SSSR count). The molecule has 2 bridgehead atoms. The largest absolute Gasteiger partial charge is 0.299 e. The Hall–Kier alpha value is -0.330. The Balaban J connectivity index is 2.31. The zero-order valence-corrected chi connectivity index (χ0v) is 7.55. The highest BCUT2D eigenvalue weighted by Gasteiger charge is 2.54. The fourth-order valence-electron chi connectivity index (χ4n) is 2.86. The smallest absolute Gasteiger partial charge is 0.136 e. The van der Waals surface area contributed by atoms with Crippen molar-refractivity contribution in [1.82, 2.24) is 0 Å². The van der Waals surface area contributed by atoms with E-state index in [4.69, 9.17) is 0 Å². The zero-order chi connectivity index (χ0) is 8.22. The number of carbonyl (C=O) groups is 1. The van der Waals surface area contributed by atoms with Crippen molar-refractivity contribution in [3.05, 3.63) is 0 Å². The van der Waals surface area contributed by atoms with Gasteiger partial charge in [-0.2, -0.15) is 0 Å². The Morgan fingerprint density at radius 1 is 1.45 bits per heavy atom. The van der Waals surface area contributed by atoms with Gasteiger partial charge in [-0.15, -0.1) is 0 Å². The van der Waals surface area contributed by atoms with E-state index in [0.717, 1.165) is 6.42 Å². The van der Waals surface area contributed by atoms with Gasteiger partial charge < -0.3 is 0 Å². The molecule has 1 nitrogen and oxygen atoms in total. The molecule has 0 amide bonds. The average molecular weight is 152 g/mol. The lowest BCUT2D eigenvalue weighted by atomic mass is 9.69. The van der Waals surface area contributed by atoms with Gasteiger partial charge in [0.2, 0.25) is 0 Å². The molecule has 2 saturated carbocycles. The molecule has 0 unspecified atom stereocenters. The van der Waals surface area contributed by atoms with Crippen LogP contribution in [0.4, 0.5) is 0 Å². The van der Waals surface area contributed by atoms with Gasteiger partial charge >= 0.3 is 0 Å². The van der Waals surface area contributed by atoms with Crippen molar-refractivity contribution in [1.29, 1.82) is 0 Å². The highest BCUT2D eigenvalue weighted by Crippen LogP contribution is 2.57. The van der Waals surface area contributed by atoms with E-state index in [1.807, 2.05) is 0 Å². The molecule has 0 saturated heterocycles. The zero-order valence-electron chi connectivity index (χ0n) is 7.55. The molecule has 0 aromatic carbocycles. The van der Waals surface area contributed by atoms with Crippen molar-refractivity contribution in [3.8, 4) is 0 Å². The van der Waals surface area contributed by atoms with Crippen molar-refractivity contribution in [2.75, 3.05) is 0 Å². The van der Waals surface area contributed by atoms with Crippen molar-refractivity contribution < 1.29 is 4.79 Å². The highest BCUT2D eigenvalue weighted by molar-refractivity contribution is 5.85. The minimum atomic E-state index is 0.412. The van der Waals surface area contributed by atoms with Crippen molar-refractivity contribution in [2.45, 2.75) is 33.6 Å². The summed E-state index contributed by atoms with van der Waals surface area (Å²) in [5.41, 5.74) is 0.429. The number of rotatable bonds is 0. The van der Waals surface area contributed by atoms with Gasteiger partial charge in [-0.1, -0.05) is 20.8 Å². The maximum atomic E-state index is 11.3. The summed E-state index contributed by atoms with van der Waals surface area (Å²) in [6, 6.07) is 0. The molecule has 0 spiro atoms. The lowest BCUT2D eigenvalue weighted by molar-refractivity contribution is -0.125. The molecule has 0 N–H and O–H groups in total. The lowest BCUT2D eigenvalue weighted by Crippen LogP contribution is -2.32. The molecular formula is C10H16O. The van der Waals surface area contributed by atoms with E-state index in [0.29, 0.717) is 29.0 Å². The fraction of sp³-hybridized carbons (Fsp3) is 0.900. The second kappa shape index (κ2) is 1.88. The maximum absolute atomic E-state index is 11.3. The summed E-state index contributed by atoms with van der Waals surface area (Å²) < 4.78 is 0. The van der Waals surface area contributed by atoms with Gasteiger partial charge in [0.1, 0.15) is 5.78 Å². The number of carbonyl (C=O) groups excluding carboxylic acids is 1. The quantitative estimate of drug-likeness (QED) is 0.520. The predicted octanol–water partition coefficient (Wildman–Crippen LogP) is 2.26. The van der Waals surface area contributed by atoms with Gasteiger partial charge in [0, 0.05) is 12.3 Å². The number of fused-ring (bicyclic) bond motifs is 2. The normalized spacial score (nSPS) is 46.8.